The number of unbranched alkanes of at least 4 members (excludes halogenated alkanes) is 27. The number of hydrogen-bond donors (Lipinski definition) is 5. The lowest BCUT2D eigenvalue weighted by Crippen LogP contribution is -2.46. The van der Waals surface area contributed by atoms with Crippen molar-refractivity contribution in [2.24, 2.45) is 5.73 Å². The summed E-state index contributed by atoms with van der Waals surface area (Å²) < 4.78 is 22.1. The van der Waals surface area contributed by atoms with Crippen LogP contribution in [0.4, 0.5) is 0 Å². The van der Waals surface area contributed by atoms with Gasteiger partial charge in [-0.1, -0.05) is 211 Å². The van der Waals surface area contributed by atoms with E-state index in [1.165, 1.54) is 148 Å². The third-order valence-corrected chi connectivity index (χ3v) is 11.7. The van der Waals surface area contributed by atoms with E-state index in [4.69, 9.17) is 14.8 Å². The minimum absolute atomic E-state index is 0.0429. The largest absolute Gasteiger partial charge is 0.472 e. The van der Waals surface area contributed by atoms with Crippen LogP contribution < -0.4 is 11.1 Å². The molecule has 0 saturated heterocycles. The van der Waals surface area contributed by atoms with Gasteiger partial charge < -0.3 is 26.2 Å². The Labute approximate surface area is 357 Å². The number of aliphatic hydroxyl groups is 2. The fraction of sp³-hybridized carbons (Fsp3) is 0.854. The van der Waals surface area contributed by atoms with Crippen molar-refractivity contribution < 1.29 is 33.5 Å². The highest BCUT2D eigenvalue weighted by Gasteiger charge is 2.27. The summed E-state index contributed by atoms with van der Waals surface area (Å²) >= 11 is 0. The Hall–Kier alpha value is -1.32. The van der Waals surface area contributed by atoms with E-state index in [1.807, 2.05) is 6.08 Å². The van der Waals surface area contributed by atoms with Gasteiger partial charge in [-0.3, -0.25) is 13.8 Å². The van der Waals surface area contributed by atoms with E-state index in [0.717, 1.165) is 44.9 Å². The summed E-state index contributed by atoms with van der Waals surface area (Å²) in [7, 11) is -4.41. The van der Waals surface area contributed by atoms with Gasteiger partial charge in [0.15, 0.2) is 0 Å². The Morgan fingerprint density at radius 3 is 1.43 bits per heavy atom. The summed E-state index contributed by atoms with van der Waals surface area (Å²) in [6, 6.07) is -1.00. The third-order valence-electron chi connectivity index (χ3n) is 10.8. The zero-order valence-electron chi connectivity index (χ0n) is 37.7. The number of hydrogen-bond acceptors (Lipinski definition) is 7. The molecule has 0 saturated carbocycles. The first-order valence-corrected chi connectivity index (χ1v) is 25.7. The molecule has 0 aromatic carbocycles. The summed E-state index contributed by atoms with van der Waals surface area (Å²) in [6.07, 6.45) is 49.5. The van der Waals surface area contributed by atoms with Gasteiger partial charge in [-0.25, -0.2) is 4.57 Å². The normalized spacial score (nSPS) is 14.8. The second kappa shape index (κ2) is 43.8. The lowest BCUT2D eigenvalue weighted by molar-refractivity contribution is -0.124. The number of amides is 1. The van der Waals surface area contributed by atoms with Crippen LogP contribution in [0.2, 0.25) is 0 Å². The number of nitrogens with two attached hydrogens (primary N) is 1. The molecule has 0 aromatic rings. The summed E-state index contributed by atoms with van der Waals surface area (Å²) in [5.41, 5.74) is 5.37. The van der Waals surface area contributed by atoms with Crippen molar-refractivity contribution in [1.82, 2.24) is 5.32 Å². The number of aliphatic hydroxyl groups excluding tert-OH is 2. The van der Waals surface area contributed by atoms with Gasteiger partial charge in [0.2, 0.25) is 5.91 Å². The lowest BCUT2D eigenvalue weighted by Gasteiger charge is -2.24. The second-order valence-electron chi connectivity index (χ2n) is 16.5. The molecule has 0 aliphatic carbocycles. The summed E-state index contributed by atoms with van der Waals surface area (Å²) in [6.45, 7) is 3.95. The van der Waals surface area contributed by atoms with Gasteiger partial charge in [0.05, 0.1) is 37.9 Å². The Balaban J connectivity index is 4.26. The molecule has 0 radical (unpaired) electrons. The van der Waals surface area contributed by atoms with Gasteiger partial charge in [-0.2, -0.15) is 0 Å². The fourth-order valence-corrected chi connectivity index (χ4v) is 7.85. The van der Waals surface area contributed by atoms with Crippen molar-refractivity contribution in [2.45, 2.75) is 244 Å². The lowest BCUT2D eigenvalue weighted by atomic mass is 10.0. The Bertz CT molecular complexity index is 1020. The predicted octanol–water partition coefficient (Wildman–Crippen LogP) is 12.9. The van der Waals surface area contributed by atoms with Crippen LogP contribution in [-0.4, -0.2) is 59.0 Å². The molecule has 0 aromatic heterocycles. The molecule has 342 valence electrons. The minimum Gasteiger partial charge on any atom is -0.393 e. The first-order valence-electron chi connectivity index (χ1n) is 24.2. The maximum Gasteiger partial charge on any atom is 0.472 e. The average molecular weight is 841 g/mol. The van der Waals surface area contributed by atoms with Crippen molar-refractivity contribution in [3.63, 3.8) is 0 Å². The first-order chi connectivity index (χ1) is 28.3. The number of allylic oxidation sites excluding steroid dienone is 5. The number of nitrogens with one attached hydrogen (secondary N) is 1. The average Bonchev–Trinajstić information content (AvgIpc) is 3.20. The van der Waals surface area contributed by atoms with Crippen LogP contribution in [0.15, 0.2) is 36.5 Å². The van der Waals surface area contributed by atoms with E-state index >= 15 is 0 Å². The molecule has 9 nitrogen and oxygen atoms in total. The zero-order chi connectivity index (χ0) is 42.6. The molecule has 0 aliphatic heterocycles. The number of phosphoric acid groups is 1. The predicted molar refractivity (Wildman–Crippen MR) is 246 cm³/mol. The smallest absolute Gasteiger partial charge is 0.393 e. The fourth-order valence-electron chi connectivity index (χ4n) is 7.09. The van der Waals surface area contributed by atoms with E-state index in [0.29, 0.717) is 12.8 Å². The monoisotopic (exact) mass is 841 g/mol. The van der Waals surface area contributed by atoms with Gasteiger partial charge in [-0.05, 0) is 44.9 Å². The van der Waals surface area contributed by atoms with Crippen LogP contribution >= 0.6 is 7.82 Å². The van der Waals surface area contributed by atoms with E-state index < -0.39 is 38.6 Å². The molecule has 58 heavy (non-hydrogen) atoms. The van der Waals surface area contributed by atoms with Crippen LogP contribution in [0.3, 0.4) is 0 Å². The van der Waals surface area contributed by atoms with Crippen LogP contribution in [0, 0.1) is 0 Å². The molecule has 0 fully saturated rings. The van der Waals surface area contributed by atoms with Gasteiger partial charge in [0.25, 0.3) is 0 Å². The highest BCUT2D eigenvalue weighted by molar-refractivity contribution is 7.47. The van der Waals surface area contributed by atoms with Crippen molar-refractivity contribution in [1.29, 1.82) is 0 Å². The molecular weight excluding hydrogens is 748 g/mol. The number of phosphoric ester groups is 1. The SMILES string of the molecule is CCCCCCCC/C=C/CC/C=C/CC/C=C/C(O)C(COP(=O)(O)OCCN)NC(=O)CC(O)CCCCCCCCCCCCCCCCCCCCCC. The van der Waals surface area contributed by atoms with Crippen LogP contribution in [0.1, 0.15) is 226 Å². The summed E-state index contributed by atoms with van der Waals surface area (Å²) in [5.74, 6) is -0.457. The van der Waals surface area contributed by atoms with Crippen molar-refractivity contribution in [3.8, 4) is 0 Å². The standard InChI is InChI=1S/C48H93N2O7P/c1-3-5-7-9-11-13-15-17-19-21-22-23-24-25-27-29-31-33-35-37-39-45(51)43-48(53)50-46(44-57-58(54,55)56-42-41-49)47(52)40-38-36-34-32-30-28-26-20-18-16-14-12-10-8-6-4-2/h18,20,30,32,38,40,45-47,51-52H,3-17,19,21-29,31,33-37,39,41-44,49H2,1-2H3,(H,50,53)(H,54,55)/b20-18+,32-30+,40-38+. The van der Waals surface area contributed by atoms with Crippen LogP contribution in [0.5, 0.6) is 0 Å². The second-order valence-corrected chi connectivity index (χ2v) is 18.0. The van der Waals surface area contributed by atoms with E-state index in [2.05, 4.69) is 43.5 Å². The number of rotatable bonds is 45. The van der Waals surface area contributed by atoms with Gasteiger partial charge in [0.1, 0.15) is 0 Å². The highest BCUT2D eigenvalue weighted by Crippen LogP contribution is 2.43. The van der Waals surface area contributed by atoms with Crippen molar-refractivity contribution in [2.75, 3.05) is 19.8 Å². The molecule has 0 spiro atoms. The third kappa shape index (κ3) is 41.4. The van der Waals surface area contributed by atoms with E-state index in [-0.39, 0.29) is 19.6 Å². The van der Waals surface area contributed by atoms with E-state index in [1.54, 1.807) is 6.08 Å². The molecule has 10 heteroatoms. The van der Waals surface area contributed by atoms with Crippen molar-refractivity contribution >= 4 is 13.7 Å². The molecular formula is C48H93N2O7P. The first kappa shape index (κ1) is 56.7. The Morgan fingerprint density at radius 2 is 0.983 bits per heavy atom. The van der Waals surface area contributed by atoms with Crippen LogP contribution in [0.25, 0.3) is 0 Å². The molecule has 0 rings (SSSR count). The molecule has 0 aliphatic rings. The van der Waals surface area contributed by atoms with Gasteiger partial charge in [0, 0.05) is 6.54 Å². The molecule has 1 amide bonds. The summed E-state index contributed by atoms with van der Waals surface area (Å²) in [4.78, 5) is 22.8. The number of carbonyl (C=O) groups excluding carboxylic acids is 1. The molecule has 4 unspecified atom stereocenters. The summed E-state index contributed by atoms with van der Waals surface area (Å²) in [5, 5.41) is 24.1. The topological polar surface area (TPSA) is 151 Å². The molecule has 6 N–H and O–H groups in total. The molecule has 4 atom stereocenters. The maximum absolute atomic E-state index is 12.8. The van der Waals surface area contributed by atoms with Gasteiger partial charge in [-0.15, -0.1) is 0 Å². The number of carbonyl (C=O) groups is 1. The Kier molecular flexibility index (Phi) is 42.8. The highest BCUT2D eigenvalue weighted by atomic mass is 31.2. The van der Waals surface area contributed by atoms with Crippen LogP contribution in [-0.2, 0) is 18.4 Å². The minimum atomic E-state index is -4.41. The molecule has 0 heterocycles. The molecule has 0 bridgehead atoms. The van der Waals surface area contributed by atoms with Gasteiger partial charge >= 0.3 is 7.82 Å². The van der Waals surface area contributed by atoms with Crippen molar-refractivity contribution in [3.05, 3.63) is 36.5 Å². The Morgan fingerprint density at radius 1 is 0.586 bits per heavy atom. The van der Waals surface area contributed by atoms with E-state index in [9.17, 15) is 24.5 Å². The maximum atomic E-state index is 12.8. The quantitative estimate of drug-likeness (QED) is 0.0231. The zero-order valence-corrected chi connectivity index (χ0v) is 38.5.